The van der Waals surface area contributed by atoms with Crippen LogP contribution in [0, 0.1) is 13.8 Å². The minimum atomic E-state index is -0.769. The monoisotopic (exact) mass is 436 g/mol. The highest BCUT2D eigenvalue weighted by Gasteiger charge is 2.21. The number of aromatic nitrogens is 5. The van der Waals surface area contributed by atoms with Crippen molar-refractivity contribution in [3.05, 3.63) is 73.0 Å². The number of nitrogens with zero attached hydrogens (tertiary/aromatic N) is 4. The first kappa shape index (κ1) is 20.7. The third kappa shape index (κ3) is 3.59. The van der Waals surface area contributed by atoms with Gasteiger partial charge < -0.3 is 10.7 Å². The average molecular weight is 437 g/mol. The van der Waals surface area contributed by atoms with Crippen LogP contribution in [0.1, 0.15) is 36.6 Å². The summed E-state index contributed by atoms with van der Waals surface area (Å²) in [4.78, 5) is 41.5. The van der Waals surface area contributed by atoms with E-state index in [0.717, 1.165) is 11.1 Å². The van der Waals surface area contributed by atoms with Gasteiger partial charge in [0.2, 0.25) is 0 Å². The molecule has 0 aliphatic rings. The number of fused-ring (bicyclic) bond motifs is 1. The van der Waals surface area contributed by atoms with Gasteiger partial charge >= 0.3 is 11.1 Å². The van der Waals surface area contributed by atoms with Crippen LogP contribution in [0.15, 0.2) is 40.1 Å². The first-order valence-corrected chi connectivity index (χ1v) is 10.1. The first-order chi connectivity index (χ1) is 14.7. The van der Waals surface area contributed by atoms with Crippen LogP contribution in [0.25, 0.3) is 28.2 Å². The van der Waals surface area contributed by atoms with Gasteiger partial charge in [0, 0.05) is 6.20 Å². The normalized spacial score (nSPS) is 11.4. The van der Waals surface area contributed by atoms with Gasteiger partial charge in [0.1, 0.15) is 11.5 Å². The predicted molar refractivity (Wildman–Crippen MR) is 122 cm³/mol. The molecule has 0 amide bonds. The number of aryl methyl sites for hydroxylation is 2. The maximum absolute atomic E-state index is 13.0. The van der Waals surface area contributed by atoms with Crippen molar-refractivity contribution in [2.24, 2.45) is 0 Å². The zero-order valence-corrected chi connectivity index (χ0v) is 18.3. The topological polar surface area (TPSA) is 120 Å². The summed E-state index contributed by atoms with van der Waals surface area (Å²) in [6.45, 7) is 7.70. The van der Waals surface area contributed by atoms with Crippen LogP contribution in [0.5, 0.6) is 0 Å². The maximum atomic E-state index is 13.0. The summed E-state index contributed by atoms with van der Waals surface area (Å²) < 4.78 is 1.31. The molecule has 0 bridgehead atoms. The second-order valence-corrected chi connectivity index (χ2v) is 8.16. The highest BCUT2D eigenvalue weighted by molar-refractivity contribution is 6.33. The summed E-state index contributed by atoms with van der Waals surface area (Å²) in [5, 5.41) is 0.276. The van der Waals surface area contributed by atoms with E-state index in [0.29, 0.717) is 34.1 Å². The van der Waals surface area contributed by atoms with Gasteiger partial charge in [0.05, 0.1) is 27.6 Å². The molecule has 0 atom stereocenters. The molecule has 0 fully saturated rings. The van der Waals surface area contributed by atoms with Gasteiger partial charge in [-0.1, -0.05) is 25.4 Å². The fraction of sp³-hybridized carbons (Fsp3) is 0.227. The Labute approximate surface area is 182 Å². The van der Waals surface area contributed by atoms with Crippen LogP contribution in [0.2, 0.25) is 5.02 Å². The van der Waals surface area contributed by atoms with Crippen molar-refractivity contribution in [2.75, 3.05) is 5.73 Å². The van der Waals surface area contributed by atoms with Gasteiger partial charge in [-0.2, -0.15) is 0 Å². The molecule has 0 radical (unpaired) electrons. The number of rotatable bonds is 3. The zero-order chi connectivity index (χ0) is 22.4. The van der Waals surface area contributed by atoms with E-state index in [4.69, 9.17) is 17.3 Å². The van der Waals surface area contributed by atoms with E-state index in [1.165, 1.54) is 4.57 Å². The summed E-state index contributed by atoms with van der Waals surface area (Å²) >= 11 is 6.48. The average Bonchev–Trinajstić information content (AvgIpc) is 2.68. The Morgan fingerprint density at radius 1 is 1.13 bits per heavy atom. The van der Waals surface area contributed by atoms with Gasteiger partial charge in [-0.15, -0.1) is 0 Å². The van der Waals surface area contributed by atoms with E-state index >= 15 is 0 Å². The van der Waals surface area contributed by atoms with Crippen LogP contribution >= 0.6 is 11.6 Å². The van der Waals surface area contributed by atoms with Crippen molar-refractivity contribution < 1.29 is 0 Å². The van der Waals surface area contributed by atoms with Gasteiger partial charge in [-0.25, -0.2) is 9.97 Å². The van der Waals surface area contributed by atoms with Gasteiger partial charge in [0.25, 0.3) is 0 Å². The largest absolute Gasteiger partial charge is 0.384 e. The van der Waals surface area contributed by atoms with Crippen molar-refractivity contribution >= 4 is 28.6 Å². The zero-order valence-electron chi connectivity index (χ0n) is 17.5. The van der Waals surface area contributed by atoms with Crippen molar-refractivity contribution in [1.82, 2.24) is 24.5 Å². The molecule has 8 nitrogen and oxygen atoms in total. The molecule has 4 aromatic heterocycles. The molecule has 0 aromatic carbocycles. The number of nitrogens with one attached hydrogen (secondary N) is 1. The number of H-pyrrole nitrogens is 1. The maximum Gasteiger partial charge on any atom is 0.322 e. The number of pyridine rings is 3. The van der Waals surface area contributed by atoms with Crippen LogP contribution < -0.4 is 16.9 Å². The van der Waals surface area contributed by atoms with Crippen molar-refractivity contribution in [3.63, 3.8) is 0 Å². The smallest absolute Gasteiger partial charge is 0.322 e. The third-order valence-corrected chi connectivity index (χ3v) is 5.26. The lowest BCUT2D eigenvalue weighted by Gasteiger charge is -2.18. The molecule has 0 aliphatic heterocycles. The molecule has 0 saturated heterocycles. The fourth-order valence-electron chi connectivity index (χ4n) is 3.60. The molecule has 4 rings (SSSR count). The lowest BCUT2D eigenvalue weighted by Crippen LogP contribution is -2.36. The molecule has 158 valence electrons. The van der Waals surface area contributed by atoms with E-state index in [-0.39, 0.29) is 16.6 Å². The number of hydrogen-bond acceptors (Lipinski definition) is 6. The molecule has 3 N–H and O–H groups in total. The minimum absolute atomic E-state index is 0.0150. The Balaban J connectivity index is 2.16. The van der Waals surface area contributed by atoms with Gasteiger partial charge in [0.15, 0.2) is 5.65 Å². The Kier molecular flexibility index (Phi) is 5.10. The highest BCUT2D eigenvalue weighted by atomic mass is 35.5. The molecule has 0 unspecified atom stereocenters. The van der Waals surface area contributed by atoms with Crippen LogP contribution in [-0.2, 0) is 0 Å². The number of hydrogen-bond donors (Lipinski definition) is 2. The number of nitrogens with two attached hydrogens (primary N) is 1. The number of nitrogen functional groups attached to an aromatic ring is 1. The number of halogens is 1. The lowest BCUT2D eigenvalue weighted by molar-refractivity contribution is 0.793. The highest BCUT2D eigenvalue weighted by Crippen LogP contribution is 2.30. The predicted octanol–water partition coefficient (Wildman–Crippen LogP) is 3.51. The fourth-order valence-corrected chi connectivity index (χ4v) is 3.85. The Bertz CT molecular complexity index is 1440. The standard InChI is InChI=1S/C22H21ClN6O2/c1-10(2)17-19(12(4)5-6-25-17)29-20-15(27-21(30)22(29)31)9-13(23)18(28-20)14-7-11(3)8-16(24)26-14/h5-10H,1-4H3,(H2,24,26)(H,27,30). The molecule has 4 heterocycles. The van der Waals surface area contributed by atoms with Crippen molar-refractivity contribution in [3.8, 4) is 17.1 Å². The van der Waals surface area contributed by atoms with Gasteiger partial charge in [-0.05, 0) is 55.2 Å². The Hall–Kier alpha value is -3.52. The molecule has 31 heavy (non-hydrogen) atoms. The van der Waals surface area contributed by atoms with Crippen LogP contribution in [0.3, 0.4) is 0 Å². The van der Waals surface area contributed by atoms with Crippen LogP contribution in [0.4, 0.5) is 5.82 Å². The molecule has 0 saturated carbocycles. The Morgan fingerprint density at radius 2 is 1.87 bits per heavy atom. The van der Waals surface area contributed by atoms with E-state index < -0.39 is 11.1 Å². The molecule has 0 spiro atoms. The number of anilines is 1. The minimum Gasteiger partial charge on any atom is -0.384 e. The van der Waals surface area contributed by atoms with E-state index in [1.807, 2.05) is 27.7 Å². The summed E-state index contributed by atoms with van der Waals surface area (Å²) in [6, 6.07) is 6.90. The number of aromatic amines is 1. The first-order valence-electron chi connectivity index (χ1n) is 9.73. The SMILES string of the molecule is Cc1cc(N)nc(-c2nc3c(cc2Cl)[nH]c(=O)c(=O)n3-c2c(C)ccnc2C(C)C)c1. The molecule has 0 aliphatic carbocycles. The summed E-state index contributed by atoms with van der Waals surface area (Å²) in [5.41, 5.74) is 8.72. The molecule has 4 aromatic rings. The molecular formula is C22H21ClN6O2. The van der Waals surface area contributed by atoms with E-state index in [1.54, 1.807) is 30.5 Å². The summed E-state index contributed by atoms with van der Waals surface area (Å²) in [7, 11) is 0. The van der Waals surface area contributed by atoms with Gasteiger partial charge in [-0.3, -0.25) is 19.1 Å². The second-order valence-electron chi connectivity index (χ2n) is 7.76. The summed E-state index contributed by atoms with van der Waals surface area (Å²) in [5.74, 6) is 0.346. The molecular weight excluding hydrogens is 416 g/mol. The van der Waals surface area contributed by atoms with Crippen molar-refractivity contribution in [2.45, 2.75) is 33.6 Å². The van der Waals surface area contributed by atoms with E-state index in [9.17, 15) is 9.59 Å². The molecule has 9 heteroatoms. The quantitative estimate of drug-likeness (QED) is 0.474. The Morgan fingerprint density at radius 3 is 2.55 bits per heavy atom. The van der Waals surface area contributed by atoms with Crippen molar-refractivity contribution in [1.29, 1.82) is 0 Å². The summed E-state index contributed by atoms with van der Waals surface area (Å²) in [6.07, 6.45) is 1.68. The lowest BCUT2D eigenvalue weighted by atomic mass is 10.0. The van der Waals surface area contributed by atoms with Crippen LogP contribution in [-0.4, -0.2) is 24.5 Å². The second kappa shape index (κ2) is 7.63. The van der Waals surface area contributed by atoms with E-state index in [2.05, 4.69) is 19.9 Å². The third-order valence-electron chi connectivity index (χ3n) is 4.97.